The first-order valence-electron chi connectivity index (χ1n) is 4.85. The summed E-state index contributed by atoms with van der Waals surface area (Å²) in [4.78, 5) is 23.6. The normalized spacial score (nSPS) is 24.8. The molecule has 5 heteroatoms. The van der Waals surface area contributed by atoms with Crippen molar-refractivity contribution in [2.45, 2.75) is 38.3 Å². The third-order valence-corrected chi connectivity index (χ3v) is 2.69. The molecule has 14 heavy (non-hydrogen) atoms. The molecule has 0 aromatic rings. The Labute approximate surface area is 82.9 Å². The van der Waals surface area contributed by atoms with E-state index in [1.165, 1.54) is 0 Å². The number of aliphatic carboxylic acids is 1. The smallest absolute Gasteiger partial charge is 0.320 e. The highest BCUT2D eigenvalue weighted by Crippen LogP contribution is 2.21. The number of nitrogens with two attached hydrogens (primary N) is 1. The lowest BCUT2D eigenvalue weighted by atomic mass is 10.1. The van der Waals surface area contributed by atoms with E-state index in [0.29, 0.717) is 19.4 Å². The molecule has 5 nitrogen and oxygen atoms in total. The van der Waals surface area contributed by atoms with Crippen LogP contribution in [0.15, 0.2) is 0 Å². The lowest BCUT2D eigenvalue weighted by Gasteiger charge is -2.27. The highest BCUT2D eigenvalue weighted by Gasteiger charge is 2.36. The molecule has 0 aromatic carbocycles. The highest BCUT2D eigenvalue weighted by molar-refractivity contribution is 5.81. The quantitative estimate of drug-likeness (QED) is 0.658. The van der Waals surface area contributed by atoms with Gasteiger partial charge in [0.1, 0.15) is 6.04 Å². The summed E-state index contributed by atoms with van der Waals surface area (Å²) in [5.41, 5.74) is 5.22. The summed E-state index contributed by atoms with van der Waals surface area (Å²) in [5.74, 6) is -1.29. The van der Waals surface area contributed by atoms with Crippen molar-refractivity contribution >= 4 is 11.9 Å². The number of amides is 1. The van der Waals surface area contributed by atoms with E-state index in [4.69, 9.17) is 10.8 Å². The van der Waals surface area contributed by atoms with E-state index in [0.717, 1.165) is 6.42 Å². The fourth-order valence-electron chi connectivity index (χ4n) is 2.03. The van der Waals surface area contributed by atoms with Gasteiger partial charge in [0.25, 0.3) is 0 Å². The second-order valence-electron chi connectivity index (χ2n) is 3.56. The Morgan fingerprint density at radius 1 is 1.64 bits per heavy atom. The maximum absolute atomic E-state index is 11.1. The third kappa shape index (κ3) is 2.04. The van der Waals surface area contributed by atoms with Gasteiger partial charge in [0.15, 0.2) is 0 Å². The standard InChI is InChI=1S/C9H16N2O3/c1-2-6(8(10)12)11-5-3-4-7(11)9(13)14/h6-7H,2-5H2,1H3,(H2,10,12)(H,13,14). The number of hydrogen-bond acceptors (Lipinski definition) is 3. The average molecular weight is 200 g/mol. The van der Waals surface area contributed by atoms with E-state index in [2.05, 4.69) is 0 Å². The molecule has 1 heterocycles. The number of likely N-dealkylation sites (tertiary alicyclic amines) is 1. The molecule has 0 saturated carbocycles. The molecule has 0 spiro atoms. The molecule has 2 atom stereocenters. The number of carbonyl (C=O) groups is 2. The van der Waals surface area contributed by atoms with Gasteiger partial charge in [-0.1, -0.05) is 6.92 Å². The molecule has 1 saturated heterocycles. The number of carbonyl (C=O) groups excluding carboxylic acids is 1. The van der Waals surface area contributed by atoms with Crippen LogP contribution >= 0.6 is 0 Å². The van der Waals surface area contributed by atoms with Gasteiger partial charge < -0.3 is 10.8 Å². The molecule has 1 rings (SSSR count). The number of rotatable bonds is 4. The van der Waals surface area contributed by atoms with Crippen molar-refractivity contribution in [3.63, 3.8) is 0 Å². The average Bonchev–Trinajstić information content (AvgIpc) is 2.53. The first-order chi connectivity index (χ1) is 6.57. The highest BCUT2D eigenvalue weighted by atomic mass is 16.4. The van der Waals surface area contributed by atoms with Crippen LogP contribution in [0.4, 0.5) is 0 Å². The Kier molecular flexibility index (Phi) is 3.46. The molecule has 1 amide bonds. The molecular formula is C9H16N2O3. The number of nitrogens with zero attached hydrogens (tertiary/aromatic N) is 1. The summed E-state index contributed by atoms with van der Waals surface area (Å²) < 4.78 is 0. The topological polar surface area (TPSA) is 83.6 Å². The van der Waals surface area contributed by atoms with Crippen molar-refractivity contribution < 1.29 is 14.7 Å². The van der Waals surface area contributed by atoms with Gasteiger partial charge in [-0.2, -0.15) is 0 Å². The summed E-state index contributed by atoms with van der Waals surface area (Å²) in [6.07, 6.45) is 2.00. The predicted octanol–water partition coefficient (Wildman–Crippen LogP) is -0.201. The lowest BCUT2D eigenvalue weighted by Crippen LogP contribution is -2.49. The zero-order chi connectivity index (χ0) is 10.7. The van der Waals surface area contributed by atoms with Crippen LogP contribution in [-0.4, -0.2) is 40.5 Å². The Bertz CT molecular complexity index is 242. The van der Waals surface area contributed by atoms with Gasteiger partial charge in [-0.25, -0.2) is 0 Å². The molecule has 0 radical (unpaired) electrons. The minimum absolute atomic E-state index is 0.430. The maximum atomic E-state index is 11.1. The maximum Gasteiger partial charge on any atom is 0.320 e. The molecular weight excluding hydrogens is 184 g/mol. The van der Waals surface area contributed by atoms with Gasteiger partial charge in [0.05, 0.1) is 6.04 Å². The summed E-state index contributed by atoms with van der Waals surface area (Å²) in [6.45, 7) is 2.49. The van der Waals surface area contributed by atoms with Gasteiger partial charge in [-0.05, 0) is 25.8 Å². The fraction of sp³-hybridized carbons (Fsp3) is 0.778. The Balaban J connectivity index is 2.74. The van der Waals surface area contributed by atoms with Crippen LogP contribution in [0.5, 0.6) is 0 Å². The zero-order valence-corrected chi connectivity index (χ0v) is 8.27. The van der Waals surface area contributed by atoms with E-state index >= 15 is 0 Å². The van der Waals surface area contributed by atoms with Crippen molar-refractivity contribution in [3.8, 4) is 0 Å². The molecule has 0 bridgehead atoms. The van der Waals surface area contributed by atoms with E-state index in [1.807, 2.05) is 6.92 Å². The number of hydrogen-bond donors (Lipinski definition) is 2. The van der Waals surface area contributed by atoms with Crippen LogP contribution in [0.3, 0.4) is 0 Å². The van der Waals surface area contributed by atoms with Crippen molar-refractivity contribution in [3.05, 3.63) is 0 Å². The van der Waals surface area contributed by atoms with Crippen LogP contribution in [0.2, 0.25) is 0 Å². The van der Waals surface area contributed by atoms with Crippen molar-refractivity contribution in [2.24, 2.45) is 5.73 Å². The SMILES string of the molecule is CCC(C(N)=O)N1CCCC1C(=O)O. The van der Waals surface area contributed by atoms with Gasteiger partial charge in [-0.3, -0.25) is 14.5 Å². The molecule has 3 N–H and O–H groups in total. The van der Waals surface area contributed by atoms with Crippen LogP contribution in [-0.2, 0) is 9.59 Å². The second kappa shape index (κ2) is 4.41. The van der Waals surface area contributed by atoms with E-state index in [9.17, 15) is 9.59 Å². The summed E-state index contributed by atoms with van der Waals surface area (Å²) in [6, 6.07) is -0.967. The number of carboxylic acids is 1. The van der Waals surface area contributed by atoms with E-state index in [-0.39, 0.29) is 0 Å². The Hall–Kier alpha value is -1.10. The molecule has 0 aliphatic carbocycles. The zero-order valence-electron chi connectivity index (χ0n) is 8.27. The largest absolute Gasteiger partial charge is 0.480 e. The minimum Gasteiger partial charge on any atom is -0.480 e. The Morgan fingerprint density at radius 3 is 2.71 bits per heavy atom. The molecule has 2 unspecified atom stereocenters. The van der Waals surface area contributed by atoms with E-state index < -0.39 is 24.0 Å². The van der Waals surface area contributed by atoms with E-state index in [1.54, 1.807) is 4.90 Å². The summed E-state index contributed by atoms with van der Waals surface area (Å²) in [7, 11) is 0. The summed E-state index contributed by atoms with van der Waals surface area (Å²) in [5, 5.41) is 8.92. The van der Waals surface area contributed by atoms with Crippen LogP contribution in [0.25, 0.3) is 0 Å². The van der Waals surface area contributed by atoms with Crippen molar-refractivity contribution in [2.75, 3.05) is 6.54 Å². The van der Waals surface area contributed by atoms with Gasteiger partial charge >= 0.3 is 5.97 Å². The number of carboxylic acid groups (broad SMARTS) is 1. The molecule has 1 fully saturated rings. The molecule has 1 aliphatic rings. The van der Waals surface area contributed by atoms with Crippen LogP contribution in [0, 0.1) is 0 Å². The van der Waals surface area contributed by atoms with Gasteiger partial charge in [-0.15, -0.1) is 0 Å². The van der Waals surface area contributed by atoms with Gasteiger partial charge in [0.2, 0.25) is 5.91 Å². The van der Waals surface area contributed by atoms with Crippen molar-refractivity contribution in [1.29, 1.82) is 0 Å². The molecule has 1 aliphatic heterocycles. The molecule has 0 aromatic heterocycles. The van der Waals surface area contributed by atoms with Crippen molar-refractivity contribution in [1.82, 2.24) is 4.90 Å². The second-order valence-corrected chi connectivity index (χ2v) is 3.56. The number of primary amides is 1. The summed E-state index contributed by atoms with van der Waals surface area (Å²) >= 11 is 0. The first kappa shape index (κ1) is 11.0. The van der Waals surface area contributed by atoms with Crippen LogP contribution in [0.1, 0.15) is 26.2 Å². The minimum atomic E-state index is -0.859. The Morgan fingerprint density at radius 2 is 2.29 bits per heavy atom. The fourth-order valence-corrected chi connectivity index (χ4v) is 2.03. The first-order valence-corrected chi connectivity index (χ1v) is 4.85. The predicted molar refractivity (Wildman–Crippen MR) is 50.6 cm³/mol. The van der Waals surface area contributed by atoms with Gasteiger partial charge in [0, 0.05) is 0 Å². The van der Waals surface area contributed by atoms with Crippen LogP contribution < -0.4 is 5.73 Å². The monoisotopic (exact) mass is 200 g/mol. The lowest BCUT2D eigenvalue weighted by molar-refractivity contribution is -0.143. The third-order valence-electron chi connectivity index (χ3n) is 2.69. The molecule has 80 valence electrons.